The predicted octanol–water partition coefficient (Wildman–Crippen LogP) is 2.77. The van der Waals surface area contributed by atoms with Gasteiger partial charge in [-0.2, -0.15) is 4.98 Å². The molecule has 1 saturated heterocycles. The zero-order valence-electron chi connectivity index (χ0n) is 15.4. The highest BCUT2D eigenvalue weighted by Gasteiger charge is 2.24. The van der Waals surface area contributed by atoms with Crippen LogP contribution in [0.25, 0.3) is 10.9 Å². The molecule has 2 N–H and O–H groups in total. The van der Waals surface area contributed by atoms with Crippen molar-refractivity contribution >= 4 is 22.7 Å². The van der Waals surface area contributed by atoms with Crippen LogP contribution in [-0.4, -0.2) is 39.5 Å². The van der Waals surface area contributed by atoms with E-state index in [0.29, 0.717) is 5.82 Å². The van der Waals surface area contributed by atoms with E-state index in [9.17, 15) is 0 Å². The van der Waals surface area contributed by atoms with Gasteiger partial charge >= 0.3 is 0 Å². The van der Waals surface area contributed by atoms with Crippen molar-refractivity contribution in [3.05, 3.63) is 53.3 Å². The van der Waals surface area contributed by atoms with Crippen LogP contribution in [0.2, 0.25) is 0 Å². The van der Waals surface area contributed by atoms with Crippen LogP contribution in [0.4, 0.5) is 11.8 Å². The Hall–Kier alpha value is -2.73. The minimum Gasteiger partial charge on any atom is -0.383 e. The van der Waals surface area contributed by atoms with E-state index < -0.39 is 0 Å². The standard InChI is InChI=1S/C21H24N6/c22-20-17-8-12-26(13-16-6-3-5-15-7-4-9-23-19(15)16)14-18(17)24-21(25-20)27-10-1-2-11-27/h3-7,9H,1-2,8,10-14H2,(H2,22,24,25). The van der Waals surface area contributed by atoms with Gasteiger partial charge in [-0.05, 0) is 30.9 Å². The van der Waals surface area contributed by atoms with Gasteiger partial charge < -0.3 is 10.6 Å². The van der Waals surface area contributed by atoms with E-state index in [1.54, 1.807) is 0 Å². The fourth-order valence-corrected chi connectivity index (χ4v) is 4.23. The third-order valence-electron chi connectivity index (χ3n) is 5.66. The third-order valence-corrected chi connectivity index (χ3v) is 5.66. The second kappa shape index (κ2) is 6.78. The summed E-state index contributed by atoms with van der Waals surface area (Å²) in [6.07, 6.45) is 5.19. The van der Waals surface area contributed by atoms with Crippen molar-refractivity contribution < 1.29 is 0 Å². The number of aromatic nitrogens is 3. The number of hydrogen-bond acceptors (Lipinski definition) is 6. The number of anilines is 2. The first-order valence-electron chi connectivity index (χ1n) is 9.73. The van der Waals surface area contributed by atoms with E-state index >= 15 is 0 Å². The van der Waals surface area contributed by atoms with Gasteiger partial charge in [0.05, 0.1) is 11.2 Å². The van der Waals surface area contributed by atoms with Crippen LogP contribution in [-0.2, 0) is 19.5 Å². The van der Waals surface area contributed by atoms with Crippen LogP contribution in [0.1, 0.15) is 29.7 Å². The Morgan fingerprint density at radius 2 is 1.85 bits per heavy atom. The Kier molecular flexibility index (Phi) is 4.13. The average molecular weight is 360 g/mol. The van der Waals surface area contributed by atoms with Gasteiger partial charge in [0.15, 0.2) is 0 Å². The lowest BCUT2D eigenvalue weighted by molar-refractivity contribution is 0.242. The van der Waals surface area contributed by atoms with Crippen LogP contribution in [0.5, 0.6) is 0 Å². The summed E-state index contributed by atoms with van der Waals surface area (Å²) < 4.78 is 0. The molecule has 0 spiro atoms. The Balaban J connectivity index is 1.41. The van der Waals surface area contributed by atoms with Gasteiger partial charge in [-0.25, -0.2) is 4.98 Å². The molecule has 6 nitrogen and oxygen atoms in total. The van der Waals surface area contributed by atoms with Gasteiger partial charge in [0, 0.05) is 49.9 Å². The Morgan fingerprint density at radius 3 is 2.74 bits per heavy atom. The number of fused-ring (bicyclic) bond motifs is 2. The molecule has 1 aromatic carbocycles. The lowest BCUT2D eigenvalue weighted by Gasteiger charge is -2.29. The minimum absolute atomic E-state index is 0.661. The molecular weight excluding hydrogens is 336 g/mol. The van der Waals surface area contributed by atoms with E-state index in [1.165, 1.54) is 23.8 Å². The van der Waals surface area contributed by atoms with Gasteiger partial charge in [-0.3, -0.25) is 9.88 Å². The number of para-hydroxylation sites is 1. The van der Waals surface area contributed by atoms with E-state index in [-0.39, 0.29) is 0 Å². The smallest absolute Gasteiger partial charge is 0.227 e. The fourth-order valence-electron chi connectivity index (χ4n) is 4.23. The van der Waals surface area contributed by atoms with Crippen LogP contribution >= 0.6 is 0 Å². The van der Waals surface area contributed by atoms with Crippen molar-refractivity contribution in [3.63, 3.8) is 0 Å². The number of rotatable bonds is 3. The third kappa shape index (κ3) is 3.10. The molecule has 5 rings (SSSR count). The highest BCUT2D eigenvalue weighted by atomic mass is 15.3. The molecule has 4 heterocycles. The highest BCUT2D eigenvalue weighted by molar-refractivity contribution is 5.81. The second-order valence-electron chi connectivity index (χ2n) is 7.48. The summed E-state index contributed by atoms with van der Waals surface area (Å²) in [6, 6.07) is 10.5. The van der Waals surface area contributed by atoms with Crippen molar-refractivity contribution in [2.24, 2.45) is 0 Å². The number of hydrogen-bond donors (Lipinski definition) is 1. The number of nitrogens with zero attached hydrogens (tertiary/aromatic N) is 5. The first-order chi connectivity index (χ1) is 13.3. The summed E-state index contributed by atoms with van der Waals surface area (Å²) in [6.45, 7) is 4.71. The summed E-state index contributed by atoms with van der Waals surface area (Å²) in [5.74, 6) is 1.46. The molecule has 3 aromatic rings. The molecule has 2 aliphatic heterocycles. The first kappa shape index (κ1) is 16.4. The molecule has 27 heavy (non-hydrogen) atoms. The molecule has 2 aromatic heterocycles. The fraction of sp³-hybridized carbons (Fsp3) is 0.381. The van der Waals surface area contributed by atoms with Crippen molar-refractivity contribution in [1.29, 1.82) is 0 Å². The molecule has 138 valence electrons. The normalized spacial score (nSPS) is 17.4. The first-order valence-corrected chi connectivity index (χ1v) is 9.73. The molecule has 0 amide bonds. The number of nitrogen functional groups attached to an aromatic ring is 1. The molecular formula is C21H24N6. The molecule has 0 aliphatic carbocycles. The molecule has 0 bridgehead atoms. The van der Waals surface area contributed by atoms with Crippen molar-refractivity contribution in [3.8, 4) is 0 Å². The van der Waals surface area contributed by atoms with Crippen molar-refractivity contribution in [1.82, 2.24) is 19.9 Å². The minimum atomic E-state index is 0.661. The maximum Gasteiger partial charge on any atom is 0.227 e. The van der Waals surface area contributed by atoms with Crippen molar-refractivity contribution in [2.75, 3.05) is 30.3 Å². The van der Waals surface area contributed by atoms with Crippen LogP contribution in [0.3, 0.4) is 0 Å². The van der Waals surface area contributed by atoms with E-state index in [2.05, 4.69) is 44.0 Å². The van der Waals surface area contributed by atoms with Crippen LogP contribution in [0.15, 0.2) is 36.5 Å². The Morgan fingerprint density at radius 1 is 1.00 bits per heavy atom. The lowest BCUT2D eigenvalue weighted by atomic mass is 10.0. The van der Waals surface area contributed by atoms with Gasteiger partial charge in [0.1, 0.15) is 5.82 Å². The maximum absolute atomic E-state index is 6.28. The number of pyridine rings is 1. The molecule has 0 atom stereocenters. The number of nitrogens with two attached hydrogens (primary N) is 1. The van der Waals surface area contributed by atoms with Gasteiger partial charge in [0.2, 0.25) is 5.95 Å². The van der Waals surface area contributed by atoms with E-state index in [1.807, 2.05) is 12.3 Å². The molecule has 2 aliphatic rings. The topological polar surface area (TPSA) is 71.2 Å². The van der Waals surface area contributed by atoms with E-state index in [0.717, 1.165) is 61.9 Å². The van der Waals surface area contributed by atoms with Gasteiger partial charge in [-0.1, -0.05) is 24.3 Å². The highest BCUT2D eigenvalue weighted by Crippen LogP contribution is 2.27. The van der Waals surface area contributed by atoms with E-state index in [4.69, 9.17) is 10.7 Å². The predicted molar refractivity (Wildman–Crippen MR) is 107 cm³/mol. The van der Waals surface area contributed by atoms with Crippen LogP contribution in [0, 0.1) is 0 Å². The summed E-state index contributed by atoms with van der Waals surface area (Å²) >= 11 is 0. The zero-order chi connectivity index (χ0) is 18.2. The summed E-state index contributed by atoms with van der Waals surface area (Å²) in [7, 11) is 0. The van der Waals surface area contributed by atoms with Gasteiger partial charge in [-0.15, -0.1) is 0 Å². The zero-order valence-corrected chi connectivity index (χ0v) is 15.4. The molecule has 6 heteroatoms. The summed E-state index contributed by atoms with van der Waals surface area (Å²) in [4.78, 5) is 18.8. The quantitative estimate of drug-likeness (QED) is 0.774. The van der Waals surface area contributed by atoms with Gasteiger partial charge in [0.25, 0.3) is 0 Å². The van der Waals surface area contributed by atoms with Crippen LogP contribution < -0.4 is 10.6 Å². The second-order valence-corrected chi connectivity index (χ2v) is 7.48. The summed E-state index contributed by atoms with van der Waals surface area (Å²) in [5.41, 5.74) is 10.8. The SMILES string of the molecule is Nc1nc(N2CCCC2)nc2c1CCN(Cc1cccc3cccnc13)C2. The average Bonchev–Trinajstić information content (AvgIpc) is 3.23. The molecule has 1 fully saturated rings. The Labute approximate surface area is 159 Å². The Bertz CT molecular complexity index is 974. The number of benzene rings is 1. The maximum atomic E-state index is 6.28. The largest absolute Gasteiger partial charge is 0.383 e. The molecule has 0 unspecified atom stereocenters. The lowest BCUT2D eigenvalue weighted by Crippen LogP contribution is -2.33. The molecule has 0 radical (unpaired) electrons. The summed E-state index contributed by atoms with van der Waals surface area (Å²) in [5, 5.41) is 1.19. The monoisotopic (exact) mass is 360 g/mol. The molecule has 0 saturated carbocycles. The van der Waals surface area contributed by atoms with Crippen molar-refractivity contribution in [2.45, 2.75) is 32.4 Å².